The Balaban J connectivity index is 1.80. The highest BCUT2D eigenvalue weighted by atomic mass is 32.2. The van der Waals surface area contributed by atoms with E-state index in [0.717, 1.165) is 25.7 Å². The smallest absolute Gasteiger partial charge is 0.246 e. The van der Waals surface area contributed by atoms with Gasteiger partial charge in [0.15, 0.2) is 15.7 Å². The van der Waals surface area contributed by atoms with Crippen molar-refractivity contribution in [1.82, 2.24) is 10.1 Å². The highest BCUT2D eigenvalue weighted by molar-refractivity contribution is 7.91. The van der Waals surface area contributed by atoms with Crippen molar-refractivity contribution < 1.29 is 12.9 Å². The van der Waals surface area contributed by atoms with Gasteiger partial charge in [0.2, 0.25) is 5.89 Å². The number of nitrogens with two attached hydrogens (primary N) is 1. The summed E-state index contributed by atoms with van der Waals surface area (Å²) in [5, 5.41) is 3.95. The molecule has 1 aromatic rings. The van der Waals surface area contributed by atoms with E-state index in [9.17, 15) is 8.42 Å². The Morgan fingerprint density at radius 1 is 1.26 bits per heavy atom. The number of hydrogen-bond acceptors (Lipinski definition) is 6. The van der Waals surface area contributed by atoms with E-state index < -0.39 is 15.4 Å². The van der Waals surface area contributed by atoms with Crippen molar-refractivity contribution in [1.29, 1.82) is 0 Å². The molecule has 19 heavy (non-hydrogen) atoms. The van der Waals surface area contributed by atoms with Crippen molar-refractivity contribution in [2.75, 3.05) is 11.5 Å². The molecular formula is C12H19N3O3S. The van der Waals surface area contributed by atoms with Crippen LogP contribution >= 0.6 is 0 Å². The van der Waals surface area contributed by atoms with Crippen LogP contribution in [-0.2, 0) is 15.4 Å². The van der Waals surface area contributed by atoms with Crippen molar-refractivity contribution in [2.24, 2.45) is 5.73 Å². The molecule has 106 valence electrons. The first kappa shape index (κ1) is 13.1. The van der Waals surface area contributed by atoms with Crippen LogP contribution in [0.1, 0.15) is 56.2 Å². The van der Waals surface area contributed by atoms with Gasteiger partial charge < -0.3 is 10.3 Å². The number of hydrogen-bond donors (Lipinski definition) is 1. The molecule has 1 atom stereocenters. The molecule has 1 aromatic heterocycles. The fourth-order valence-electron chi connectivity index (χ4n) is 3.00. The Morgan fingerprint density at radius 2 is 2.00 bits per heavy atom. The highest BCUT2D eigenvalue weighted by Crippen LogP contribution is 2.35. The monoisotopic (exact) mass is 285 g/mol. The number of sulfone groups is 1. The molecule has 2 aliphatic rings. The second-order valence-corrected chi connectivity index (χ2v) is 8.00. The molecule has 1 aliphatic heterocycles. The predicted molar refractivity (Wildman–Crippen MR) is 69.3 cm³/mol. The minimum atomic E-state index is -2.93. The lowest BCUT2D eigenvalue weighted by atomic mass is 9.82. The van der Waals surface area contributed by atoms with E-state index in [0.29, 0.717) is 18.1 Å². The van der Waals surface area contributed by atoms with Crippen LogP contribution in [0.15, 0.2) is 4.52 Å². The third-order valence-electron chi connectivity index (χ3n) is 4.21. The van der Waals surface area contributed by atoms with Crippen LogP contribution < -0.4 is 5.73 Å². The lowest BCUT2D eigenvalue weighted by molar-refractivity contribution is 0.219. The van der Waals surface area contributed by atoms with E-state index in [1.807, 2.05) is 0 Å². The Kier molecular flexibility index (Phi) is 3.13. The molecule has 1 aliphatic carbocycles. The lowest BCUT2D eigenvalue weighted by Gasteiger charge is -2.29. The molecule has 1 unspecified atom stereocenters. The first-order chi connectivity index (χ1) is 8.99. The zero-order valence-electron chi connectivity index (χ0n) is 10.8. The summed E-state index contributed by atoms with van der Waals surface area (Å²) in [5.74, 6) is 1.20. The molecule has 0 aromatic carbocycles. The van der Waals surface area contributed by atoms with Gasteiger partial charge in [0, 0.05) is 5.92 Å². The summed E-state index contributed by atoms with van der Waals surface area (Å²) in [4.78, 5) is 4.39. The molecule has 3 rings (SSSR count). The van der Waals surface area contributed by atoms with E-state index >= 15 is 0 Å². The third kappa shape index (κ3) is 2.53. The fourth-order valence-corrected chi connectivity index (χ4v) is 4.74. The molecule has 1 saturated heterocycles. The van der Waals surface area contributed by atoms with Crippen LogP contribution in [0.5, 0.6) is 0 Å². The quantitative estimate of drug-likeness (QED) is 0.873. The SMILES string of the molecule is NC1(c2nc(C3CCS(=O)(=O)C3)no2)CCCCC1. The van der Waals surface area contributed by atoms with E-state index in [1.165, 1.54) is 6.42 Å². The van der Waals surface area contributed by atoms with E-state index in [2.05, 4.69) is 10.1 Å². The zero-order valence-corrected chi connectivity index (χ0v) is 11.7. The first-order valence-corrected chi connectivity index (χ1v) is 8.64. The molecule has 6 nitrogen and oxygen atoms in total. The van der Waals surface area contributed by atoms with Gasteiger partial charge in [-0.2, -0.15) is 4.98 Å². The van der Waals surface area contributed by atoms with Crippen LogP contribution in [0.2, 0.25) is 0 Å². The molecule has 2 fully saturated rings. The van der Waals surface area contributed by atoms with Crippen LogP contribution in [0, 0.1) is 0 Å². The van der Waals surface area contributed by atoms with Crippen LogP contribution in [-0.4, -0.2) is 30.1 Å². The molecule has 0 spiro atoms. The summed E-state index contributed by atoms with van der Waals surface area (Å²) in [7, 11) is -2.93. The van der Waals surface area contributed by atoms with Gasteiger partial charge in [-0.25, -0.2) is 8.42 Å². The number of rotatable bonds is 2. The van der Waals surface area contributed by atoms with Crippen LogP contribution in [0.4, 0.5) is 0 Å². The number of aromatic nitrogens is 2. The molecule has 0 bridgehead atoms. The van der Waals surface area contributed by atoms with Gasteiger partial charge in [-0.1, -0.05) is 24.4 Å². The van der Waals surface area contributed by atoms with Crippen molar-refractivity contribution in [2.45, 2.75) is 50.0 Å². The van der Waals surface area contributed by atoms with Gasteiger partial charge in [-0.05, 0) is 19.3 Å². The third-order valence-corrected chi connectivity index (χ3v) is 5.98. The minimum Gasteiger partial charge on any atom is -0.337 e. The van der Waals surface area contributed by atoms with Gasteiger partial charge >= 0.3 is 0 Å². The van der Waals surface area contributed by atoms with Gasteiger partial charge in [0.05, 0.1) is 17.0 Å². The second-order valence-electron chi connectivity index (χ2n) is 5.77. The Morgan fingerprint density at radius 3 is 2.63 bits per heavy atom. The Bertz CT molecular complexity index is 561. The summed E-state index contributed by atoms with van der Waals surface area (Å²) in [5.41, 5.74) is 5.82. The van der Waals surface area contributed by atoms with E-state index in [4.69, 9.17) is 10.3 Å². The fraction of sp³-hybridized carbons (Fsp3) is 0.833. The minimum absolute atomic E-state index is 0.129. The van der Waals surface area contributed by atoms with Crippen molar-refractivity contribution in [3.8, 4) is 0 Å². The summed E-state index contributed by atoms with van der Waals surface area (Å²) in [6, 6.07) is 0. The highest BCUT2D eigenvalue weighted by Gasteiger charge is 2.37. The van der Waals surface area contributed by atoms with Crippen molar-refractivity contribution in [3.05, 3.63) is 11.7 Å². The Labute approximate surface area is 112 Å². The molecule has 7 heteroatoms. The standard InChI is InChI=1S/C12H19N3O3S/c13-12(5-2-1-3-6-12)11-14-10(15-18-11)9-4-7-19(16,17)8-9/h9H,1-8,13H2. The molecule has 0 amide bonds. The Hall–Kier alpha value is -0.950. The average molecular weight is 285 g/mol. The lowest BCUT2D eigenvalue weighted by Crippen LogP contribution is -2.39. The van der Waals surface area contributed by atoms with Crippen molar-refractivity contribution in [3.63, 3.8) is 0 Å². The first-order valence-electron chi connectivity index (χ1n) is 6.82. The maximum absolute atomic E-state index is 11.5. The summed E-state index contributed by atoms with van der Waals surface area (Å²) in [6.07, 6.45) is 5.65. The molecule has 2 heterocycles. The number of nitrogens with zero attached hydrogens (tertiary/aromatic N) is 2. The van der Waals surface area contributed by atoms with Crippen LogP contribution in [0.3, 0.4) is 0 Å². The molecule has 2 N–H and O–H groups in total. The van der Waals surface area contributed by atoms with Gasteiger partial charge in [0.1, 0.15) is 0 Å². The topological polar surface area (TPSA) is 99.1 Å². The zero-order chi connectivity index (χ0) is 13.5. The normalized spacial score (nSPS) is 29.4. The second kappa shape index (κ2) is 4.56. The summed E-state index contributed by atoms with van der Waals surface area (Å²) < 4.78 is 28.3. The van der Waals surface area contributed by atoms with E-state index in [1.54, 1.807) is 0 Å². The van der Waals surface area contributed by atoms with Gasteiger partial charge in [-0.3, -0.25) is 0 Å². The van der Waals surface area contributed by atoms with E-state index in [-0.39, 0.29) is 17.4 Å². The molecule has 0 radical (unpaired) electrons. The maximum atomic E-state index is 11.5. The molecular weight excluding hydrogens is 266 g/mol. The average Bonchev–Trinajstić information content (AvgIpc) is 2.96. The van der Waals surface area contributed by atoms with Gasteiger partial charge in [0.25, 0.3) is 0 Å². The predicted octanol–water partition coefficient (Wildman–Crippen LogP) is 1.09. The molecule has 1 saturated carbocycles. The maximum Gasteiger partial charge on any atom is 0.246 e. The van der Waals surface area contributed by atoms with Crippen molar-refractivity contribution >= 4 is 9.84 Å². The van der Waals surface area contributed by atoms with Crippen LogP contribution in [0.25, 0.3) is 0 Å². The van der Waals surface area contributed by atoms with Gasteiger partial charge in [-0.15, -0.1) is 0 Å². The largest absolute Gasteiger partial charge is 0.337 e. The summed E-state index contributed by atoms with van der Waals surface area (Å²) >= 11 is 0. The summed E-state index contributed by atoms with van der Waals surface area (Å²) in [6.45, 7) is 0.